The fourth-order valence-electron chi connectivity index (χ4n) is 3.09. The normalized spacial score (nSPS) is 28.2. The molecule has 1 heterocycles. The predicted molar refractivity (Wildman–Crippen MR) is 80.9 cm³/mol. The fraction of sp³-hybridized carbons (Fsp3) is 1.00. The molecule has 120 valence electrons. The Morgan fingerprint density at radius 2 is 1.50 bits per heavy atom. The van der Waals surface area contributed by atoms with E-state index in [9.17, 15) is 0 Å². The van der Waals surface area contributed by atoms with Crippen LogP contribution in [0.25, 0.3) is 0 Å². The van der Waals surface area contributed by atoms with Gasteiger partial charge in [0.25, 0.3) is 0 Å². The summed E-state index contributed by atoms with van der Waals surface area (Å²) in [6.45, 7) is 12.5. The third-order valence-electron chi connectivity index (χ3n) is 4.33. The van der Waals surface area contributed by atoms with Gasteiger partial charge in [0.15, 0.2) is 0 Å². The molecule has 0 amide bonds. The molecule has 0 saturated carbocycles. The van der Waals surface area contributed by atoms with Gasteiger partial charge in [-0.3, -0.25) is 4.90 Å². The van der Waals surface area contributed by atoms with Crippen LogP contribution in [0, 0.1) is 5.92 Å². The maximum Gasteiger partial charge on any atom is 0.0788 e. The molecule has 0 aromatic rings. The van der Waals surface area contributed by atoms with Gasteiger partial charge in [0, 0.05) is 45.8 Å². The highest BCUT2D eigenvalue weighted by Crippen LogP contribution is 2.41. The molecule has 0 aliphatic carbocycles. The quantitative estimate of drug-likeness (QED) is 0.725. The minimum Gasteiger partial charge on any atom is -0.383 e. The highest BCUT2D eigenvalue weighted by atomic mass is 16.5. The average Bonchev–Trinajstić information content (AvgIpc) is 2.50. The van der Waals surface area contributed by atoms with Crippen LogP contribution in [0.3, 0.4) is 0 Å². The second kappa shape index (κ2) is 7.18. The third-order valence-corrected chi connectivity index (χ3v) is 4.33. The van der Waals surface area contributed by atoms with Crippen molar-refractivity contribution in [1.82, 2.24) is 4.90 Å². The smallest absolute Gasteiger partial charge is 0.0788 e. The van der Waals surface area contributed by atoms with Crippen molar-refractivity contribution in [2.45, 2.75) is 44.9 Å². The van der Waals surface area contributed by atoms with Crippen LogP contribution < -0.4 is 5.73 Å². The number of nitrogens with two attached hydrogens (primary N) is 1. The zero-order valence-electron chi connectivity index (χ0n) is 13.9. The molecule has 0 spiro atoms. The van der Waals surface area contributed by atoms with Gasteiger partial charge < -0.3 is 19.9 Å². The summed E-state index contributed by atoms with van der Waals surface area (Å²) in [5.74, 6) is 0.297. The van der Waals surface area contributed by atoms with Gasteiger partial charge in [0.05, 0.1) is 24.4 Å². The van der Waals surface area contributed by atoms with Gasteiger partial charge in [-0.2, -0.15) is 0 Å². The van der Waals surface area contributed by atoms with Crippen molar-refractivity contribution < 1.29 is 14.2 Å². The molecule has 1 aliphatic rings. The van der Waals surface area contributed by atoms with E-state index < -0.39 is 0 Å². The van der Waals surface area contributed by atoms with E-state index in [1.54, 1.807) is 14.2 Å². The number of hydrogen-bond acceptors (Lipinski definition) is 5. The lowest BCUT2D eigenvalue weighted by atomic mass is 9.82. The molecule has 0 aromatic heterocycles. The second-order valence-corrected chi connectivity index (χ2v) is 6.73. The Morgan fingerprint density at radius 3 is 1.85 bits per heavy atom. The first-order valence-electron chi connectivity index (χ1n) is 7.40. The third kappa shape index (κ3) is 4.40. The molecule has 20 heavy (non-hydrogen) atoms. The molecule has 0 bridgehead atoms. The lowest BCUT2D eigenvalue weighted by Crippen LogP contribution is -2.49. The first-order chi connectivity index (χ1) is 9.24. The van der Waals surface area contributed by atoms with Crippen molar-refractivity contribution in [2.75, 3.05) is 47.1 Å². The van der Waals surface area contributed by atoms with Crippen molar-refractivity contribution in [3.63, 3.8) is 0 Å². The molecular weight excluding hydrogens is 256 g/mol. The summed E-state index contributed by atoms with van der Waals surface area (Å²) in [5.41, 5.74) is 5.94. The molecule has 1 rings (SSSR count). The van der Waals surface area contributed by atoms with Crippen LogP contribution in [0.15, 0.2) is 0 Å². The van der Waals surface area contributed by atoms with E-state index in [1.165, 1.54) is 0 Å². The van der Waals surface area contributed by atoms with Crippen LogP contribution in [-0.2, 0) is 14.2 Å². The Hall–Kier alpha value is -0.200. The summed E-state index contributed by atoms with van der Waals surface area (Å²) in [5, 5.41) is 0. The van der Waals surface area contributed by atoms with Gasteiger partial charge >= 0.3 is 0 Å². The van der Waals surface area contributed by atoms with Crippen LogP contribution in [0.4, 0.5) is 0 Å². The Kier molecular flexibility index (Phi) is 6.41. The lowest BCUT2D eigenvalue weighted by molar-refractivity contribution is -0.0789. The van der Waals surface area contributed by atoms with E-state index in [0.29, 0.717) is 5.92 Å². The Labute approximate surface area is 123 Å². The van der Waals surface area contributed by atoms with Crippen molar-refractivity contribution in [3.05, 3.63) is 0 Å². The number of rotatable bonds is 8. The van der Waals surface area contributed by atoms with Crippen LogP contribution in [0.5, 0.6) is 0 Å². The van der Waals surface area contributed by atoms with E-state index in [4.69, 9.17) is 19.9 Å². The van der Waals surface area contributed by atoms with E-state index in [2.05, 4.69) is 32.6 Å². The van der Waals surface area contributed by atoms with Crippen LogP contribution in [-0.4, -0.2) is 69.2 Å². The summed E-state index contributed by atoms with van der Waals surface area (Å²) in [4.78, 5) is 2.35. The first-order valence-corrected chi connectivity index (χ1v) is 7.40. The van der Waals surface area contributed by atoms with Crippen LogP contribution in [0.1, 0.15) is 27.7 Å². The number of hydrogen-bond donors (Lipinski definition) is 1. The standard InChI is InChI=1S/C15H32N2O3/c1-14(2)12(13(16)15(3,4)20-14)11-17(7-9-18-5)8-10-19-6/h12-13H,7-11,16H2,1-6H3. The molecule has 5 nitrogen and oxygen atoms in total. The molecule has 1 aliphatic heterocycles. The maximum absolute atomic E-state index is 6.42. The van der Waals surface area contributed by atoms with Crippen molar-refractivity contribution in [3.8, 4) is 0 Å². The van der Waals surface area contributed by atoms with Gasteiger partial charge in [-0.25, -0.2) is 0 Å². The van der Waals surface area contributed by atoms with E-state index in [-0.39, 0.29) is 17.2 Å². The van der Waals surface area contributed by atoms with Gasteiger partial charge in [-0.05, 0) is 27.7 Å². The molecule has 0 radical (unpaired) electrons. The average molecular weight is 288 g/mol. The first kappa shape index (κ1) is 17.9. The molecule has 2 unspecified atom stereocenters. The van der Waals surface area contributed by atoms with Crippen molar-refractivity contribution >= 4 is 0 Å². The highest BCUT2D eigenvalue weighted by Gasteiger charge is 2.52. The zero-order chi connectivity index (χ0) is 15.4. The van der Waals surface area contributed by atoms with Gasteiger partial charge in [-0.1, -0.05) is 0 Å². The van der Waals surface area contributed by atoms with Crippen molar-refractivity contribution in [2.24, 2.45) is 11.7 Å². The maximum atomic E-state index is 6.42. The summed E-state index contributed by atoms with van der Waals surface area (Å²) in [7, 11) is 3.46. The highest BCUT2D eigenvalue weighted by molar-refractivity contribution is 5.04. The Bertz CT molecular complexity index is 287. The molecule has 1 fully saturated rings. The van der Waals surface area contributed by atoms with Gasteiger partial charge in [-0.15, -0.1) is 0 Å². The molecular formula is C15H32N2O3. The Morgan fingerprint density at radius 1 is 1.00 bits per heavy atom. The second-order valence-electron chi connectivity index (χ2n) is 6.73. The van der Waals surface area contributed by atoms with Gasteiger partial charge in [0.1, 0.15) is 0 Å². The minimum absolute atomic E-state index is 0.0325. The zero-order valence-corrected chi connectivity index (χ0v) is 13.9. The molecule has 2 atom stereocenters. The van der Waals surface area contributed by atoms with E-state index in [0.717, 1.165) is 32.8 Å². The molecule has 0 aromatic carbocycles. The number of ether oxygens (including phenoxy) is 3. The largest absolute Gasteiger partial charge is 0.383 e. The number of methoxy groups -OCH3 is 2. The summed E-state index contributed by atoms with van der Waals surface area (Å²) >= 11 is 0. The summed E-state index contributed by atoms with van der Waals surface area (Å²) in [6.07, 6.45) is 0. The van der Waals surface area contributed by atoms with E-state index in [1.807, 2.05) is 0 Å². The van der Waals surface area contributed by atoms with E-state index >= 15 is 0 Å². The van der Waals surface area contributed by atoms with Gasteiger partial charge in [0.2, 0.25) is 0 Å². The topological polar surface area (TPSA) is 57.0 Å². The minimum atomic E-state index is -0.275. The summed E-state index contributed by atoms with van der Waals surface area (Å²) < 4.78 is 16.5. The predicted octanol–water partition coefficient (Wildman–Crippen LogP) is 1.11. The van der Waals surface area contributed by atoms with Crippen LogP contribution >= 0.6 is 0 Å². The fourth-order valence-corrected chi connectivity index (χ4v) is 3.09. The molecule has 1 saturated heterocycles. The Balaban J connectivity index is 2.70. The van der Waals surface area contributed by atoms with Crippen LogP contribution in [0.2, 0.25) is 0 Å². The SMILES string of the molecule is COCCN(CCOC)CC1C(N)C(C)(C)OC1(C)C. The lowest BCUT2D eigenvalue weighted by Gasteiger charge is -2.33. The number of nitrogens with zero attached hydrogens (tertiary/aromatic N) is 1. The monoisotopic (exact) mass is 288 g/mol. The molecule has 2 N–H and O–H groups in total. The molecule has 5 heteroatoms. The summed E-state index contributed by atoms with van der Waals surface area (Å²) in [6, 6.07) is 0.0325. The van der Waals surface area contributed by atoms with Crippen molar-refractivity contribution in [1.29, 1.82) is 0 Å².